The molecular formula is C31H27F2N3O3S. The molecule has 1 heterocycles. The second kappa shape index (κ2) is 13.4. The average Bonchev–Trinajstić information content (AvgIpc) is 2.95. The van der Waals surface area contributed by atoms with E-state index in [-0.39, 0.29) is 17.2 Å². The van der Waals surface area contributed by atoms with E-state index in [1.165, 1.54) is 36.4 Å². The molecular weight excluding hydrogens is 532 g/mol. The monoisotopic (exact) mass is 559 g/mol. The fraction of sp³-hybridized carbons (Fsp3) is 0.0968. The molecule has 4 aromatic rings. The topological polar surface area (TPSA) is 86.5 Å². The number of nitrogens with two attached hydrogens (primary N) is 1. The number of rotatable bonds is 11. The zero-order valence-electron chi connectivity index (χ0n) is 21.9. The molecule has 40 heavy (non-hydrogen) atoms. The van der Waals surface area contributed by atoms with E-state index < -0.39 is 11.6 Å². The van der Waals surface area contributed by atoms with Gasteiger partial charge >= 0.3 is 0 Å². The predicted molar refractivity (Wildman–Crippen MR) is 156 cm³/mol. The third-order valence-corrected chi connectivity index (χ3v) is 6.56. The van der Waals surface area contributed by atoms with Crippen LogP contribution in [0.4, 0.5) is 20.2 Å². The van der Waals surface area contributed by atoms with E-state index in [4.69, 9.17) is 15.2 Å². The Hall–Kier alpha value is -4.63. The molecule has 6 nitrogen and oxygen atoms in total. The smallest absolute Gasteiger partial charge is 0.178 e. The van der Waals surface area contributed by atoms with E-state index in [1.54, 1.807) is 55.8 Å². The number of methoxy groups -OCH3 is 1. The lowest BCUT2D eigenvalue weighted by Crippen LogP contribution is -1.98. The minimum absolute atomic E-state index is 0.155. The number of aryl methyl sites for hydroxylation is 1. The van der Waals surface area contributed by atoms with Crippen molar-refractivity contribution in [2.24, 2.45) is 0 Å². The van der Waals surface area contributed by atoms with Crippen LogP contribution < -0.4 is 19.9 Å². The molecule has 0 unspecified atom stereocenters. The molecule has 3 N–H and O–H groups in total. The highest BCUT2D eigenvalue weighted by molar-refractivity contribution is 8.00. The molecule has 0 aliphatic carbocycles. The van der Waals surface area contributed by atoms with Crippen molar-refractivity contribution in [1.82, 2.24) is 4.98 Å². The number of anilines is 2. The maximum Gasteiger partial charge on any atom is 0.178 e. The number of ketones is 1. The third-order valence-electron chi connectivity index (χ3n) is 5.81. The van der Waals surface area contributed by atoms with E-state index in [1.807, 2.05) is 19.1 Å². The Kier molecular flexibility index (Phi) is 9.53. The van der Waals surface area contributed by atoms with E-state index in [0.29, 0.717) is 34.2 Å². The highest BCUT2D eigenvalue weighted by Gasteiger charge is 2.09. The van der Waals surface area contributed by atoms with Gasteiger partial charge in [-0.3, -0.25) is 4.79 Å². The minimum atomic E-state index is -0.523. The number of nitrogens with zero attached hydrogens (tertiary/aromatic N) is 1. The van der Waals surface area contributed by atoms with Gasteiger partial charge in [0, 0.05) is 35.5 Å². The van der Waals surface area contributed by atoms with Crippen molar-refractivity contribution in [2.45, 2.75) is 18.4 Å². The molecule has 1 aromatic heterocycles. The molecule has 0 saturated carbocycles. The maximum atomic E-state index is 14.7. The molecule has 3 aromatic carbocycles. The fourth-order valence-corrected chi connectivity index (χ4v) is 4.31. The number of hydrogen-bond acceptors (Lipinski definition) is 7. The highest BCUT2D eigenvalue weighted by atomic mass is 32.2. The van der Waals surface area contributed by atoms with Crippen molar-refractivity contribution in [2.75, 3.05) is 17.6 Å². The average molecular weight is 560 g/mol. The number of ether oxygens (including phenoxy) is 2. The van der Waals surface area contributed by atoms with Crippen LogP contribution in [0.3, 0.4) is 0 Å². The number of pyridine rings is 1. The molecule has 0 amide bonds. The number of benzene rings is 3. The van der Waals surface area contributed by atoms with Crippen molar-refractivity contribution in [3.05, 3.63) is 119 Å². The molecule has 0 atom stereocenters. The van der Waals surface area contributed by atoms with E-state index in [0.717, 1.165) is 23.1 Å². The molecule has 0 bridgehead atoms. The predicted octanol–water partition coefficient (Wildman–Crippen LogP) is 7.55. The lowest BCUT2D eigenvalue weighted by molar-refractivity contribution is -0.110. The summed E-state index contributed by atoms with van der Waals surface area (Å²) in [5.41, 5.74) is 8.91. The van der Waals surface area contributed by atoms with Crippen LogP contribution in [-0.2, 0) is 11.2 Å². The molecule has 4 rings (SSSR count). The van der Waals surface area contributed by atoms with E-state index in [9.17, 15) is 13.6 Å². The molecule has 204 valence electrons. The van der Waals surface area contributed by atoms with Crippen molar-refractivity contribution < 1.29 is 23.0 Å². The van der Waals surface area contributed by atoms with Gasteiger partial charge < -0.3 is 19.9 Å². The first-order valence-corrected chi connectivity index (χ1v) is 13.1. The number of carbonyl (C=O) groups excluding carboxylic acids is 1. The van der Waals surface area contributed by atoms with Crippen LogP contribution in [0.1, 0.15) is 16.7 Å². The quantitative estimate of drug-likeness (QED) is 0.111. The van der Waals surface area contributed by atoms with E-state index in [2.05, 4.69) is 9.71 Å². The number of aromatic nitrogens is 1. The van der Waals surface area contributed by atoms with Crippen LogP contribution >= 0.6 is 11.9 Å². The first kappa shape index (κ1) is 28.4. The van der Waals surface area contributed by atoms with Gasteiger partial charge in [0.15, 0.2) is 17.3 Å². The van der Waals surface area contributed by atoms with Gasteiger partial charge in [0.25, 0.3) is 0 Å². The van der Waals surface area contributed by atoms with Gasteiger partial charge in [-0.05, 0) is 85.2 Å². The van der Waals surface area contributed by atoms with Crippen molar-refractivity contribution >= 4 is 35.2 Å². The van der Waals surface area contributed by atoms with Crippen molar-refractivity contribution in [3.63, 3.8) is 0 Å². The van der Waals surface area contributed by atoms with Crippen LogP contribution in [0.15, 0.2) is 96.2 Å². The van der Waals surface area contributed by atoms with Gasteiger partial charge in [0.2, 0.25) is 0 Å². The highest BCUT2D eigenvalue weighted by Crippen LogP contribution is 2.29. The zero-order valence-corrected chi connectivity index (χ0v) is 22.7. The van der Waals surface area contributed by atoms with Crippen molar-refractivity contribution in [3.8, 4) is 17.2 Å². The summed E-state index contributed by atoms with van der Waals surface area (Å²) in [6.07, 6.45) is 8.11. The molecule has 0 saturated heterocycles. The Bertz CT molecular complexity index is 1570. The molecule has 0 aliphatic rings. The Morgan fingerprint density at radius 3 is 2.62 bits per heavy atom. The van der Waals surface area contributed by atoms with Gasteiger partial charge in [0.1, 0.15) is 22.3 Å². The number of carbonyl (C=O) groups is 1. The normalized spacial score (nSPS) is 11.2. The second-order valence-electron chi connectivity index (χ2n) is 8.66. The molecule has 0 aliphatic heterocycles. The summed E-state index contributed by atoms with van der Waals surface area (Å²) in [5.74, 6) is 0.0947. The Morgan fingerprint density at radius 1 is 1.02 bits per heavy atom. The van der Waals surface area contributed by atoms with Gasteiger partial charge in [-0.15, -0.1) is 0 Å². The number of hydrogen-bond donors (Lipinski definition) is 2. The first-order chi connectivity index (χ1) is 19.3. The summed E-state index contributed by atoms with van der Waals surface area (Å²) in [6.45, 7) is 1.92. The number of para-hydroxylation sites is 1. The number of allylic oxidation sites excluding steroid dienone is 3. The number of nitrogens with one attached hydrogen (secondary N) is 1. The standard InChI is InChI=1S/C31H27F2N3O3S/c1-20-16-25(39-30-9-4-3-8-26(30)32)13-11-21(20)6-5-7-23(37)12-10-22-17-27(33)29(19-28(22)34)36-40-31-18-24(38-2)14-15-35-31/h3-5,7-19,36H,6,34H2,1-2H3/b7-5+,12-10+. The molecule has 0 fully saturated rings. The minimum Gasteiger partial charge on any atom is -0.497 e. The summed E-state index contributed by atoms with van der Waals surface area (Å²) in [6, 6.07) is 17.8. The van der Waals surface area contributed by atoms with E-state index >= 15 is 0 Å². The van der Waals surface area contributed by atoms with Crippen molar-refractivity contribution in [1.29, 1.82) is 0 Å². The van der Waals surface area contributed by atoms with Crippen LogP contribution in [0, 0.1) is 18.6 Å². The summed E-state index contributed by atoms with van der Waals surface area (Å²) >= 11 is 1.12. The maximum absolute atomic E-state index is 14.7. The van der Waals surface area contributed by atoms with Crippen LogP contribution in [0.5, 0.6) is 17.2 Å². The van der Waals surface area contributed by atoms with Gasteiger partial charge in [-0.1, -0.05) is 24.3 Å². The lowest BCUT2D eigenvalue weighted by atomic mass is 10.0. The van der Waals surface area contributed by atoms with Gasteiger partial charge in [-0.2, -0.15) is 0 Å². The zero-order chi connectivity index (χ0) is 28.5. The molecule has 9 heteroatoms. The first-order valence-electron chi connectivity index (χ1n) is 12.2. The number of nitrogen functional groups attached to an aromatic ring is 1. The number of halogens is 2. The fourth-order valence-electron chi connectivity index (χ4n) is 3.65. The Labute approximate surface area is 235 Å². The summed E-state index contributed by atoms with van der Waals surface area (Å²) in [5, 5.41) is 0.598. The largest absolute Gasteiger partial charge is 0.497 e. The van der Waals surface area contributed by atoms with Gasteiger partial charge in [-0.25, -0.2) is 13.8 Å². The van der Waals surface area contributed by atoms with Crippen LogP contribution in [0.25, 0.3) is 6.08 Å². The molecule has 0 spiro atoms. The summed E-state index contributed by atoms with van der Waals surface area (Å²) in [4.78, 5) is 16.5. The van der Waals surface area contributed by atoms with Gasteiger partial charge in [0.05, 0.1) is 12.8 Å². The Balaban J connectivity index is 1.32. The summed E-state index contributed by atoms with van der Waals surface area (Å²) < 4.78 is 42.2. The third kappa shape index (κ3) is 7.70. The van der Waals surface area contributed by atoms with Crippen LogP contribution in [0.2, 0.25) is 0 Å². The summed E-state index contributed by atoms with van der Waals surface area (Å²) in [7, 11) is 1.55. The SMILES string of the molecule is COc1ccnc(SNc2cc(N)c(/C=C/C(=O)/C=C/Cc3ccc(Oc4ccccc4F)cc3C)cc2F)c1. The lowest BCUT2D eigenvalue weighted by Gasteiger charge is -2.10. The second-order valence-corrected chi connectivity index (χ2v) is 9.49. The Morgan fingerprint density at radius 2 is 1.85 bits per heavy atom. The molecule has 0 radical (unpaired) electrons. The van der Waals surface area contributed by atoms with Crippen LogP contribution in [-0.4, -0.2) is 17.9 Å².